The van der Waals surface area contributed by atoms with Gasteiger partial charge in [0.1, 0.15) is 17.2 Å². The van der Waals surface area contributed by atoms with E-state index in [-0.39, 0.29) is 6.54 Å². The molecule has 2 rings (SSSR count). The summed E-state index contributed by atoms with van der Waals surface area (Å²) in [6.45, 7) is 2.78. The summed E-state index contributed by atoms with van der Waals surface area (Å²) in [5.74, 6) is 0.651. The van der Waals surface area contributed by atoms with Crippen molar-refractivity contribution in [3.63, 3.8) is 0 Å². The smallest absolute Gasteiger partial charge is 0.357 e. The first kappa shape index (κ1) is 14.8. The number of hydrogen-bond donors (Lipinski definition) is 1. The highest BCUT2D eigenvalue weighted by Gasteiger charge is 2.31. The molecule has 1 N–H and O–H groups in total. The van der Waals surface area contributed by atoms with E-state index in [2.05, 4.69) is 15.3 Å². The van der Waals surface area contributed by atoms with Crippen LogP contribution in [0.1, 0.15) is 11.8 Å². The van der Waals surface area contributed by atoms with E-state index in [9.17, 15) is 13.2 Å². The quantitative estimate of drug-likeness (QED) is 0.939. The van der Waals surface area contributed by atoms with Crippen molar-refractivity contribution >= 4 is 33.3 Å². The maximum absolute atomic E-state index is 12.7. The lowest BCUT2D eigenvalue weighted by molar-refractivity contribution is -0.119. The first-order chi connectivity index (χ1) is 9.34. The molecule has 0 aliphatic rings. The number of rotatable bonds is 4. The average Bonchev–Trinajstić information content (AvgIpc) is 2.73. The Balaban J connectivity index is 2.54. The van der Waals surface area contributed by atoms with Crippen molar-refractivity contribution < 1.29 is 13.2 Å². The topological polar surface area (TPSA) is 41.1 Å². The van der Waals surface area contributed by atoms with Crippen LogP contribution in [0.15, 0.2) is 6.07 Å². The van der Waals surface area contributed by atoms with Gasteiger partial charge in [0.25, 0.3) is 0 Å². The molecule has 0 saturated heterocycles. The van der Waals surface area contributed by atoms with Gasteiger partial charge >= 0.3 is 6.18 Å². The molecular formula is C12H15F3N4S. The number of aryl methyl sites for hydroxylation is 1. The van der Waals surface area contributed by atoms with Crippen molar-refractivity contribution in [1.29, 1.82) is 0 Å². The van der Waals surface area contributed by atoms with Gasteiger partial charge in [0.2, 0.25) is 5.95 Å². The molecule has 0 saturated carbocycles. The fourth-order valence-electron chi connectivity index (χ4n) is 1.93. The van der Waals surface area contributed by atoms with Crippen molar-refractivity contribution in [2.24, 2.45) is 0 Å². The number of fused-ring (bicyclic) bond motifs is 1. The molecular weight excluding hydrogens is 289 g/mol. The Kier molecular flexibility index (Phi) is 4.03. The Labute approximate surface area is 118 Å². The third-order valence-corrected chi connectivity index (χ3v) is 3.72. The van der Waals surface area contributed by atoms with Crippen LogP contribution >= 0.6 is 11.3 Å². The van der Waals surface area contributed by atoms with Crippen molar-refractivity contribution in [3.8, 4) is 0 Å². The molecule has 0 unspecified atom stereocenters. The summed E-state index contributed by atoms with van der Waals surface area (Å²) < 4.78 is 38.0. The van der Waals surface area contributed by atoms with E-state index in [1.54, 1.807) is 14.0 Å². The van der Waals surface area contributed by atoms with Crippen molar-refractivity contribution in [2.45, 2.75) is 20.0 Å². The molecule has 0 spiro atoms. The average molecular weight is 304 g/mol. The molecule has 0 aliphatic carbocycles. The third kappa shape index (κ3) is 3.12. The minimum Gasteiger partial charge on any atom is -0.357 e. The Morgan fingerprint density at radius 1 is 1.35 bits per heavy atom. The van der Waals surface area contributed by atoms with Gasteiger partial charge in [-0.15, -0.1) is 11.3 Å². The third-order valence-electron chi connectivity index (χ3n) is 2.77. The maximum Gasteiger partial charge on any atom is 0.405 e. The molecule has 0 aliphatic heterocycles. The minimum atomic E-state index is -4.27. The van der Waals surface area contributed by atoms with E-state index < -0.39 is 12.7 Å². The van der Waals surface area contributed by atoms with Gasteiger partial charge in [0.15, 0.2) is 0 Å². The number of nitrogens with zero attached hydrogens (tertiary/aromatic N) is 3. The Morgan fingerprint density at radius 2 is 2.05 bits per heavy atom. The van der Waals surface area contributed by atoms with Crippen molar-refractivity contribution in [2.75, 3.05) is 30.4 Å². The fourth-order valence-corrected chi connectivity index (χ4v) is 2.81. The molecule has 2 heterocycles. The van der Waals surface area contributed by atoms with Gasteiger partial charge in [-0.3, -0.25) is 0 Å². The first-order valence-corrected chi connectivity index (χ1v) is 6.93. The first-order valence-electron chi connectivity index (χ1n) is 6.11. The van der Waals surface area contributed by atoms with Crippen LogP contribution < -0.4 is 10.2 Å². The lowest BCUT2D eigenvalue weighted by atomic mass is 10.3. The normalized spacial score (nSPS) is 11.9. The number of halogens is 3. The predicted octanol–water partition coefficient (Wildman–Crippen LogP) is 3.43. The molecule has 110 valence electrons. The number of thiophene rings is 1. The largest absolute Gasteiger partial charge is 0.405 e. The fraction of sp³-hybridized carbons (Fsp3) is 0.500. The van der Waals surface area contributed by atoms with E-state index in [0.717, 1.165) is 4.88 Å². The summed E-state index contributed by atoms with van der Waals surface area (Å²) in [6.07, 6.45) is -4.27. The van der Waals surface area contributed by atoms with Gasteiger partial charge < -0.3 is 10.2 Å². The van der Waals surface area contributed by atoms with Crippen LogP contribution in [0.4, 0.5) is 24.9 Å². The van der Waals surface area contributed by atoms with E-state index in [1.807, 2.05) is 13.0 Å². The number of hydrogen-bond acceptors (Lipinski definition) is 5. The van der Waals surface area contributed by atoms with Crippen LogP contribution in [0.2, 0.25) is 0 Å². The molecule has 0 fully saturated rings. The van der Waals surface area contributed by atoms with Crippen molar-refractivity contribution in [1.82, 2.24) is 9.97 Å². The Bertz CT molecular complexity index is 609. The minimum absolute atomic E-state index is 0.226. The molecule has 0 bridgehead atoms. The van der Waals surface area contributed by atoms with Crippen LogP contribution in [0.5, 0.6) is 0 Å². The lowest BCUT2D eigenvalue weighted by Crippen LogP contribution is -2.34. The lowest BCUT2D eigenvalue weighted by Gasteiger charge is -2.24. The molecule has 2 aromatic rings. The highest BCUT2D eigenvalue weighted by Crippen LogP contribution is 2.32. The molecule has 4 nitrogen and oxygen atoms in total. The molecule has 0 aromatic carbocycles. The van der Waals surface area contributed by atoms with Crippen molar-refractivity contribution in [3.05, 3.63) is 10.9 Å². The monoisotopic (exact) mass is 304 g/mol. The summed E-state index contributed by atoms with van der Waals surface area (Å²) in [6, 6.07) is 1.83. The zero-order valence-corrected chi connectivity index (χ0v) is 12.2. The Morgan fingerprint density at radius 3 is 2.60 bits per heavy atom. The van der Waals surface area contributed by atoms with Gasteiger partial charge in [-0.2, -0.15) is 18.2 Å². The second kappa shape index (κ2) is 5.43. The summed E-state index contributed by atoms with van der Waals surface area (Å²) in [5.41, 5.74) is 0. The molecule has 0 radical (unpaired) electrons. The van der Waals surface area contributed by atoms with Crippen LogP contribution in [-0.2, 0) is 0 Å². The number of alkyl halides is 3. The maximum atomic E-state index is 12.7. The molecule has 8 heteroatoms. The summed E-state index contributed by atoms with van der Waals surface area (Å²) in [5, 5.41) is 3.45. The van der Waals surface area contributed by atoms with Crippen LogP contribution in [0.3, 0.4) is 0 Å². The van der Waals surface area contributed by atoms with Gasteiger partial charge in [0, 0.05) is 18.5 Å². The van der Waals surface area contributed by atoms with Crippen LogP contribution in [0, 0.1) is 6.92 Å². The summed E-state index contributed by atoms with van der Waals surface area (Å²) >= 11 is 1.44. The molecule has 2 aromatic heterocycles. The van der Waals surface area contributed by atoms with E-state index in [4.69, 9.17) is 0 Å². The number of aromatic nitrogens is 2. The van der Waals surface area contributed by atoms with E-state index in [1.165, 1.54) is 16.2 Å². The SMILES string of the molecule is CCN(CC(F)(F)F)c1nc(NC)nc2sc(C)cc12. The second-order valence-electron chi connectivity index (χ2n) is 4.33. The van der Waals surface area contributed by atoms with Gasteiger partial charge in [-0.1, -0.05) is 0 Å². The highest BCUT2D eigenvalue weighted by molar-refractivity contribution is 7.18. The van der Waals surface area contributed by atoms with E-state index >= 15 is 0 Å². The predicted molar refractivity (Wildman–Crippen MR) is 75.6 cm³/mol. The zero-order valence-electron chi connectivity index (χ0n) is 11.4. The number of anilines is 2. The summed E-state index contributed by atoms with van der Waals surface area (Å²) in [4.78, 5) is 11.4. The standard InChI is InChI=1S/C12H15F3N4S/c1-4-19(6-12(13,14)15)9-8-5-7(2)20-10(8)18-11(16-3)17-9/h5H,4,6H2,1-3H3,(H,16,17,18). The van der Waals surface area contributed by atoms with E-state index in [0.29, 0.717) is 22.0 Å². The van der Waals surface area contributed by atoms with Crippen LogP contribution in [-0.4, -0.2) is 36.3 Å². The van der Waals surface area contributed by atoms with Gasteiger partial charge in [-0.25, -0.2) is 4.98 Å². The van der Waals surface area contributed by atoms with Crippen LogP contribution in [0.25, 0.3) is 10.2 Å². The summed E-state index contributed by atoms with van der Waals surface area (Å²) in [7, 11) is 1.64. The Hall–Kier alpha value is -1.57. The highest BCUT2D eigenvalue weighted by atomic mass is 32.1. The van der Waals surface area contributed by atoms with Gasteiger partial charge in [-0.05, 0) is 19.9 Å². The number of nitrogens with one attached hydrogen (secondary N) is 1. The molecule has 20 heavy (non-hydrogen) atoms. The second-order valence-corrected chi connectivity index (χ2v) is 5.56. The molecule has 0 amide bonds. The molecule has 0 atom stereocenters. The van der Waals surface area contributed by atoms with Gasteiger partial charge in [0.05, 0.1) is 5.39 Å². The zero-order chi connectivity index (χ0) is 14.9.